The van der Waals surface area contributed by atoms with Gasteiger partial charge in [-0.05, 0) is 48.4 Å². The zero-order chi connectivity index (χ0) is 23.9. The van der Waals surface area contributed by atoms with Crippen molar-refractivity contribution in [3.8, 4) is 11.5 Å². The number of pyridine rings is 1. The van der Waals surface area contributed by atoms with Crippen molar-refractivity contribution in [2.75, 3.05) is 26.1 Å². The molecule has 0 unspecified atom stereocenters. The Morgan fingerprint density at radius 1 is 0.941 bits per heavy atom. The van der Waals surface area contributed by atoms with Gasteiger partial charge in [0, 0.05) is 23.0 Å². The molecule has 0 aliphatic heterocycles. The van der Waals surface area contributed by atoms with Crippen LogP contribution in [0, 0.1) is 0 Å². The first-order chi connectivity index (χ1) is 16.6. The highest BCUT2D eigenvalue weighted by molar-refractivity contribution is 5.91. The van der Waals surface area contributed by atoms with Gasteiger partial charge < -0.3 is 24.7 Å². The van der Waals surface area contributed by atoms with E-state index in [9.17, 15) is 9.59 Å². The molecule has 4 rings (SSSR count). The fourth-order valence-electron chi connectivity index (χ4n) is 3.78. The lowest BCUT2D eigenvalue weighted by Gasteiger charge is -2.24. The summed E-state index contributed by atoms with van der Waals surface area (Å²) in [6.07, 6.45) is 0.652. The molecule has 1 aromatic heterocycles. The first kappa shape index (κ1) is 22.9. The molecule has 3 aromatic carbocycles. The Bertz CT molecular complexity index is 1330. The second kappa shape index (κ2) is 10.6. The molecule has 1 heterocycles. The van der Waals surface area contributed by atoms with Crippen LogP contribution in [0.1, 0.15) is 11.1 Å². The number of amides is 2. The zero-order valence-corrected chi connectivity index (χ0v) is 19.2. The predicted octanol–water partition coefficient (Wildman–Crippen LogP) is 4.82. The molecule has 2 amide bonds. The van der Waals surface area contributed by atoms with E-state index in [4.69, 9.17) is 9.47 Å². The summed E-state index contributed by atoms with van der Waals surface area (Å²) in [5.41, 5.74) is 2.65. The van der Waals surface area contributed by atoms with Crippen molar-refractivity contribution >= 4 is 22.6 Å². The summed E-state index contributed by atoms with van der Waals surface area (Å²) >= 11 is 0. The number of urea groups is 1. The third-order valence-corrected chi connectivity index (χ3v) is 5.64. The van der Waals surface area contributed by atoms with Gasteiger partial charge in [-0.3, -0.25) is 4.79 Å². The monoisotopic (exact) mass is 457 g/mol. The summed E-state index contributed by atoms with van der Waals surface area (Å²) in [7, 11) is 3.16. The Hall–Kier alpha value is -4.26. The molecule has 0 aliphatic carbocycles. The Kier molecular flexibility index (Phi) is 7.13. The SMILES string of the molecule is COc1ccc2[nH]c(=O)c(CN(CCc3ccccc3)C(=O)Nc3ccccc3OC)cc2c1. The van der Waals surface area contributed by atoms with E-state index in [1.54, 1.807) is 43.4 Å². The van der Waals surface area contributed by atoms with Crippen LogP contribution in [-0.2, 0) is 13.0 Å². The lowest BCUT2D eigenvalue weighted by Crippen LogP contribution is -2.37. The van der Waals surface area contributed by atoms with Crippen molar-refractivity contribution in [3.05, 3.63) is 100 Å². The Balaban J connectivity index is 1.62. The molecular formula is C27H27N3O4. The molecule has 0 radical (unpaired) electrons. The number of nitrogens with zero attached hydrogens (tertiary/aromatic N) is 1. The van der Waals surface area contributed by atoms with Crippen molar-refractivity contribution in [2.45, 2.75) is 13.0 Å². The van der Waals surface area contributed by atoms with Crippen LogP contribution in [0.5, 0.6) is 11.5 Å². The van der Waals surface area contributed by atoms with Crippen LogP contribution in [0.3, 0.4) is 0 Å². The van der Waals surface area contributed by atoms with Crippen LogP contribution >= 0.6 is 0 Å². The van der Waals surface area contributed by atoms with E-state index in [0.717, 1.165) is 10.9 Å². The summed E-state index contributed by atoms with van der Waals surface area (Å²) in [6, 6.07) is 24.1. The summed E-state index contributed by atoms with van der Waals surface area (Å²) < 4.78 is 10.7. The minimum atomic E-state index is -0.314. The highest BCUT2D eigenvalue weighted by Crippen LogP contribution is 2.24. The molecule has 174 valence electrons. The van der Waals surface area contributed by atoms with Gasteiger partial charge in [0.1, 0.15) is 11.5 Å². The fourth-order valence-corrected chi connectivity index (χ4v) is 3.78. The summed E-state index contributed by atoms with van der Waals surface area (Å²) in [6.45, 7) is 0.580. The number of para-hydroxylation sites is 2. The maximum Gasteiger partial charge on any atom is 0.322 e. The third-order valence-electron chi connectivity index (χ3n) is 5.64. The number of nitrogens with one attached hydrogen (secondary N) is 2. The van der Waals surface area contributed by atoms with Gasteiger partial charge in [0.15, 0.2) is 0 Å². The highest BCUT2D eigenvalue weighted by atomic mass is 16.5. The number of hydrogen-bond acceptors (Lipinski definition) is 4. The fraction of sp³-hybridized carbons (Fsp3) is 0.185. The topological polar surface area (TPSA) is 83.7 Å². The van der Waals surface area contributed by atoms with E-state index in [2.05, 4.69) is 10.3 Å². The standard InChI is InChI=1S/C27H27N3O4/c1-33-22-12-13-23-20(17-22)16-21(26(31)28-23)18-30(15-14-19-8-4-3-5-9-19)27(32)29-24-10-6-7-11-25(24)34-2/h3-13,16-17H,14-15,18H2,1-2H3,(H,28,31)(H,29,32). The maximum absolute atomic E-state index is 13.3. The highest BCUT2D eigenvalue weighted by Gasteiger charge is 2.18. The minimum Gasteiger partial charge on any atom is -0.497 e. The Morgan fingerprint density at radius 2 is 1.71 bits per heavy atom. The van der Waals surface area contributed by atoms with Crippen molar-refractivity contribution < 1.29 is 14.3 Å². The molecule has 2 N–H and O–H groups in total. The molecular weight excluding hydrogens is 430 g/mol. The van der Waals surface area contributed by atoms with Crippen molar-refractivity contribution in [3.63, 3.8) is 0 Å². The zero-order valence-electron chi connectivity index (χ0n) is 19.2. The molecule has 0 atom stereocenters. The van der Waals surface area contributed by atoms with Crippen LogP contribution in [0.2, 0.25) is 0 Å². The number of carbonyl (C=O) groups excluding carboxylic acids is 1. The molecule has 0 saturated carbocycles. The molecule has 0 bridgehead atoms. The minimum absolute atomic E-state index is 0.149. The molecule has 0 fully saturated rings. The van der Waals surface area contributed by atoms with Crippen LogP contribution in [0.15, 0.2) is 83.7 Å². The van der Waals surface area contributed by atoms with E-state index in [-0.39, 0.29) is 18.1 Å². The van der Waals surface area contributed by atoms with Gasteiger partial charge >= 0.3 is 6.03 Å². The van der Waals surface area contributed by atoms with Crippen molar-refractivity contribution in [1.29, 1.82) is 0 Å². The van der Waals surface area contributed by atoms with Crippen molar-refractivity contribution in [2.24, 2.45) is 0 Å². The molecule has 7 heteroatoms. The smallest absolute Gasteiger partial charge is 0.322 e. The van der Waals surface area contributed by atoms with Gasteiger partial charge in [0.05, 0.1) is 26.5 Å². The van der Waals surface area contributed by atoms with Gasteiger partial charge in [-0.1, -0.05) is 42.5 Å². The Morgan fingerprint density at radius 3 is 2.47 bits per heavy atom. The second-order valence-electron chi connectivity index (χ2n) is 7.86. The molecule has 0 aliphatic rings. The first-order valence-electron chi connectivity index (χ1n) is 11.0. The lowest BCUT2D eigenvalue weighted by atomic mass is 10.1. The van der Waals surface area contributed by atoms with Gasteiger partial charge in [-0.2, -0.15) is 0 Å². The van der Waals surface area contributed by atoms with Crippen molar-refractivity contribution in [1.82, 2.24) is 9.88 Å². The number of fused-ring (bicyclic) bond motifs is 1. The lowest BCUT2D eigenvalue weighted by molar-refractivity contribution is 0.209. The number of rotatable bonds is 8. The van der Waals surface area contributed by atoms with Crippen LogP contribution in [-0.4, -0.2) is 36.7 Å². The number of hydrogen-bond donors (Lipinski definition) is 2. The number of anilines is 1. The summed E-state index contributed by atoms with van der Waals surface area (Å²) in [4.78, 5) is 30.7. The largest absolute Gasteiger partial charge is 0.497 e. The molecule has 7 nitrogen and oxygen atoms in total. The van der Waals surface area contributed by atoms with Gasteiger partial charge in [0.2, 0.25) is 0 Å². The van der Waals surface area contributed by atoms with E-state index >= 15 is 0 Å². The maximum atomic E-state index is 13.3. The van der Waals surface area contributed by atoms with E-state index in [0.29, 0.717) is 41.2 Å². The number of aromatic nitrogens is 1. The summed E-state index contributed by atoms with van der Waals surface area (Å²) in [5, 5.41) is 3.76. The Labute approximate surface area is 197 Å². The normalized spacial score (nSPS) is 10.6. The van der Waals surface area contributed by atoms with Gasteiger partial charge in [0.25, 0.3) is 5.56 Å². The molecule has 4 aromatic rings. The third kappa shape index (κ3) is 5.38. The predicted molar refractivity (Wildman–Crippen MR) is 134 cm³/mol. The number of methoxy groups -OCH3 is 2. The van der Waals surface area contributed by atoms with Gasteiger partial charge in [-0.25, -0.2) is 4.79 Å². The molecule has 34 heavy (non-hydrogen) atoms. The number of aromatic amines is 1. The van der Waals surface area contributed by atoms with Crippen LogP contribution in [0.25, 0.3) is 10.9 Å². The van der Waals surface area contributed by atoms with Crippen LogP contribution < -0.4 is 20.3 Å². The van der Waals surface area contributed by atoms with E-state index in [1.807, 2.05) is 54.6 Å². The van der Waals surface area contributed by atoms with Gasteiger partial charge in [-0.15, -0.1) is 0 Å². The van der Waals surface area contributed by atoms with Crippen LogP contribution in [0.4, 0.5) is 10.5 Å². The van der Waals surface area contributed by atoms with E-state index < -0.39 is 0 Å². The molecule has 0 saturated heterocycles. The quantitative estimate of drug-likeness (QED) is 0.397. The number of carbonyl (C=O) groups is 1. The number of benzene rings is 3. The average molecular weight is 458 g/mol. The molecule has 0 spiro atoms. The first-order valence-corrected chi connectivity index (χ1v) is 11.0. The number of ether oxygens (including phenoxy) is 2. The second-order valence-corrected chi connectivity index (χ2v) is 7.86. The summed E-state index contributed by atoms with van der Waals surface area (Å²) in [5.74, 6) is 1.26. The average Bonchev–Trinajstić information content (AvgIpc) is 2.87. The number of H-pyrrole nitrogens is 1. The van der Waals surface area contributed by atoms with E-state index in [1.165, 1.54) is 0 Å².